The molecule has 0 aromatic rings. The Labute approximate surface area is 108 Å². The lowest BCUT2D eigenvalue weighted by atomic mass is 9.80. The summed E-state index contributed by atoms with van der Waals surface area (Å²) in [5.74, 6) is 1.98. The Morgan fingerprint density at radius 2 is 1.76 bits per heavy atom. The van der Waals surface area contributed by atoms with Crippen molar-refractivity contribution in [1.82, 2.24) is 5.32 Å². The van der Waals surface area contributed by atoms with E-state index >= 15 is 0 Å². The van der Waals surface area contributed by atoms with Crippen LogP contribution in [0.3, 0.4) is 0 Å². The number of hydrogen-bond donors (Lipinski definition) is 1. The molecule has 1 aliphatic rings. The van der Waals surface area contributed by atoms with E-state index in [9.17, 15) is 0 Å². The summed E-state index contributed by atoms with van der Waals surface area (Å²) in [6.07, 6.45) is 11.3. The first-order valence-corrected chi connectivity index (χ1v) is 7.56. The second-order valence-electron chi connectivity index (χ2n) is 5.58. The molecule has 0 bridgehead atoms. The molecule has 1 saturated carbocycles. The molecule has 0 spiro atoms. The molecule has 0 aliphatic heterocycles. The van der Waals surface area contributed by atoms with Crippen LogP contribution >= 0.6 is 0 Å². The molecule has 2 nitrogen and oxygen atoms in total. The molecule has 1 rings (SSSR count). The minimum absolute atomic E-state index is 0.886. The van der Waals surface area contributed by atoms with Crippen molar-refractivity contribution >= 4 is 0 Å². The van der Waals surface area contributed by atoms with Gasteiger partial charge in [-0.1, -0.05) is 39.0 Å². The summed E-state index contributed by atoms with van der Waals surface area (Å²) in [6.45, 7) is 5.53. The van der Waals surface area contributed by atoms with Crippen molar-refractivity contribution in [2.24, 2.45) is 11.8 Å². The Morgan fingerprint density at radius 1 is 1.06 bits per heavy atom. The van der Waals surface area contributed by atoms with Gasteiger partial charge in [0, 0.05) is 13.7 Å². The summed E-state index contributed by atoms with van der Waals surface area (Å²) < 4.78 is 5.05. The number of rotatable bonds is 9. The quantitative estimate of drug-likeness (QED) is 0.623. The number of ether oxygens (including phenoxy) is 1. The molecule has 1 aliphatic carbocycles. The second kappa shape index (κ2) is 9.90. The molecule has 17 heavy (non-hydrogen) atoms. The van der Waals surface area contributed by atoms with Crippen molar-refractivity contribution in [2.75, 3.05) is 26.8 Å². The van der Waals surface area contributed by atoms with E-state index in [0.717, 1.165) is 31.4 Å². The van der Waals surface area contributed by atoms with Gasteiger partial charge in [0.15, 0.2) is 0 Å². The molecule has 0 atom stereocenters. The topological polar surface area (TPSA) is 21.3 Å². The molecular formula is C15H31NO. The van der Waals surface area contributed by atoms with Gasteiger partial charge in [0.25, 0.3) is 0 Å². The van der Waals surface area contributed by atoms with Gasteiger partial charge in [0.2, 0.25) is 0 Å². The van der Waals surface area contributed by atoms with Crippen LogP contribution in [0.25, 0.3) is 0 Å². The van der Waals surface area contributed by atoms with Gasteiger partial charge < -0.3 is 10.1 Å². The highest BCUT2D eigenvalue weighted by Crippen LogP contribution is 2.31. The van der Waals surface area contributed by atoms with E-state index < -0.39 is 0 Å². The molecule has 0 saturated heterocycles. The molecule has 0 amide bonds. The predicted octanol–water partition coefficient (Wildman–Crippen LogP) is 3.61. The van der Waals surface area contributed by atoms with E-state index in [1.807, 2.05) is 0 Å². The largest absolute Gasteiger partial charge is 0.385 e. The molecule has 2 heteroatoms. The first kappa shape index (κ1) is 15.0. The summed E-state index contributed by atoms with van der Waals surface area (Å²) in [6, 6.07) is 0. The van der Waals surface area contributed by atoms with Crippen molar-refractivity contribution in [3.63, 3.8) is 0 Å². The van der Waals surface area contributed by atoms with Crippen LogP contribution in [0.4, 0.5) is 0 Å². The molecule has 1 fully saturated rings. The first-order chi connectivity index (χ1) is 8.36. The Morgan fingerprint density at radius 3 is 2.41 bits per heavy atom. The fourth-order valence-electron chi connectivity index (χ4n) is 2.86. The lowest BCUT2D eigenvalue weighted by molar-refractivity contribution is 0.192. The van der Waals surface area contributed by atoms with Gasteiger partial charge in [0.1, 0.15) is 0 Å². The van der Waals surface area contributed by atoms with Gasteiger partial charge in [-0.25, -0.2) is 0 Å². The van der Waals surface area contributed by atoms with Crippen molar-refractivity contribution < 1.29 is 4.74 Å². The number of nitrogens with one attached hydrogen (secondary N) is 1. The standard InChI is InChI=1S/C15H31NO/c1-3-4-6-14-7-9-15(10-8-14)13-16-11-5-12-17-2/h14-16H,3-13H2,1-2H3. The highest BCUT2D eigenvalue weighted by molar-refractivity contribution is 4.74. The van der Waals surface area contributed by atoms with Crippen molar-refractivity contribution in [3.8, 4) is 0 Å². The monoisotopic (exact) mass is 241 g/mol. The van der Waals surface area contributed by atoms with Gasteiger partial charge in [0.05, 0.1) is 0 Å². The highest BCUT2D eigenvalue weighted by atomic mass is 16.5. The van der Waals surface area contributed by atoms with E-state index in [0.29, 0.717) is 0 Å². The Kier molecular flexibility index (Phi) is 8.72. The maximum Gasteiger partial charge on any atom is 0.0474 e. The first-order valence-electron chi connectivity index (χ1n) is 7.56. The van der Waals surface area contributed by atoms with Gasteiger partial charge in [-0.05, 0) is 44.2 Å². The number of methoxy groups -OCH3 is 1. The SMILES string of the molecule is CCCCC1CCC(CNCCCOC)CC1. The van der Waals surface area contributed by atoms with Crippen LogP contribution in [0.2, 0.25) is 0 Å². The van der Waals surface area contributed by atoms with Crippen LogP contribution < -0.4 is 5.32 Å². The Bertz CT molecular complexity index is 162. The smallest absolute Gasteiger partial charge is 0.0474 e. The lowest BCUT2D eigenvalue weighted by Crippen LogP contribution is -2.27. The van der Waals surface area contributed by atoms with Gasteiger partial charge >= 0.3 is 0 Å². The zero-order valence-corrected chi connectivity index (χ0v) is 11.8. The minimum atomic E-state index is 0.886. The van der Waals surface area contributed by atoms with Gasteiger partial charge in [-0.15, -0.1) is 0 Å². The molecule has 102 valence electrons. The Hall–Kier alpha value is -0.0800. The van der Waals surface area contributed by atoms with Crippen LogP contribution in [-0.4, -0.2) is 26.8 Å². The van der Waals surface area contributed by atoms with Crippen molar-refractivity contribution in [3.05, 3.63) is 0 Å². The predicted molar refractivity (Wildman–Crippen MR) is 74.3 cm³/mol. The van der Waals surface area contributed by atoms with Crippen LogP contribution in [0, 0.1) is 11.8 Å². The van der Waals surface area contributed by atoms with Crippen LogP contribution in [0.5, 0.6) is 0 Å². The van der Waals surface area contributed by atoms with E-state index in [1.165, 1.54) is 51.5 Å². The maximum absolute atomic E-state index is 5.05. The molecule has 0 radical (unpaired) electrons. The van der Waals surface area contributed by atoms with Crippen LogP contribution in [-0.2, 0) is 4.74 Å². The minimum Gasteiger partial charge on any atom is -0.385 e. The zero-order chi connectivity index (χ0) is 12.3. The Balaban J connectivity index is 1.95. The van der Waals surface area contributed by atoms with E-state index in [1.54, 1.807) is 7.11 Å². The molecule has 0 unspecified atom stereocenters. The molecule has 1 N–H and O–H groups in total. The third-order valence-corrected chi connectivity index (χ3v) is 4.07. The summed E-state index contributed by atoms with van der Waals surface area (Å²) >= 11 is 0. The third-order valence-electron chi connectivity index (χ3n) is 4.07. The second-order valence-corrected chi connectivity index (χ2v) is 5.58. The molecule has 0 aromatic carbocycles. The highest BCUT2D eigenvalue weighted by Gasteiger charge is 2.20. The summed E-state index contributed by atoms with van der Waals surface area (Å²) in [5, 5.41) is 3.57. The van der Waals surface area contributed by atoms with Gasteiger partial charge in [-0.3, -0.25) is 0 Å². The van der Waals surface area contributed by atoms with Gasteiger partial charge in [-0.2, -0.15) is 0 Å². The van der Waals surface area contributed by atoms with E-state index in [4.69, 9.17) is 4.74 Å². The average Bonchev–Trinajstić information content (AvgIpc) is 2.37. The molecule has 0 heterocycles. The number of unbranched alkanes of at least 4 members (excludes halogenated alkanes) is 1. The summed E-state index contributed by atoms with van der Waals surface area (Å²) in [4.78, 5) is 0. The third kappa shape index (κ3) is 7.05. The van der Waals surface area contributed by atoms with Crippen LogP contribution in [0.15, 0.2) is 0 Å². The van der Waals surface area contributed by atoms with Crippen molar-refractivity contribution in [2.45, 2.75) is 58.3 Å². The normalized spacial score (nSPS) is 25.1. The molecular weight excluding hydrogens is 210 g/mol. The fourth-order valence-corrected chi connectivity index (χ4v) is 2.86. The maximum atomic E-state index is 5.05. The molecule has 0 aromatic heterocycles. The van der Waals surface area contributed by atoms with E-state index in [2.05, 4.69) is 12.2 Å². The lowest BCUT2D eigenvalue weighted by Gasteiger charge is -2.28. The van der Waals surface area contributed by atoms with Crippen LogP contribution in [0.1, 0.15) is 58.3 Å². The number of hydrogen-bond acceptors (Lipinski definition) is 2. The summed E-state index contributed by atoms with van der Waals surface area (Å²) in [5.41, 5.74) is 0. The van der Waals surface area contributed by atoms with Crippen molar-refractivity contribution in [1.29, 1.82) is 0 Å². The van der Waals surface area contributed by atoms with E-state index in [-0.39, 0.29) is 0 Å². The fraction of sp³-hybridized carbons (Fsp3) is 1.00. The zero-order valence-electron chi connectivity index (χ0n) is 11.8. The average molecular weight is 241 g/mol. The summed E-state index contributed by atoms with van der Waals surface area (Å²) in [7, 11) is 1.78.